The van der Waals surface area contributed by atoms with Gasteiger partial charge in [0.15, 0.2) is 0 Å². The van der Waals surface area contributed by atoms with Gasteiger partial charge in [0.25, 0.3) is 0 Å². The van der Waals surface area contributed by atoms with Gasteiger partial charge in [-0.2, -0.15) is 0 Å². The highest BCUT2D eigenvalue weighted by Gasteiger charge is 2.06. The summed E-state index contributed by atoms with van der Waals surface area (Å²) in [6, 6.07) is 14.4. The standard InChI is InChI=1S/C19H22N4/c1-2-3-4-5-8-16-10-12-17(13-11-16)23-15-19(21-22-23)18-9-6-7-14-20-18/h6-7,9-15H,2-5,8H2,1H3. The SMILES string of the molecule is CCCCCCc1ccc(-n2cc(-c3ccccn3)nn2)cc1. The number of nitrogens with zero attached hydrogens (tertiary/aromatic N) is 4. The van der Waals surface area contributed by atoms with Crippen LogP contribution in [0.4, 0.5) is 0 Å². The summed E-state index contributed by atoms with van der Waals surface area (Å²) in [5.41, 5.74) is 4.03. The van der Waals surface area contributed by atoms with Crippen LogP contribution in [0.25, 0.3) is 17.1 Å². The quantitative estimate of drug-likeness (QED) is 0.606. The first kappa shape index (κ1) is 15.4. The lowest BCUT2D eigenvalue weighted by Gasteiger charge is -2.04. The first-order valence-electron chi connectivity index (χ1n) is 8.30. The van der Waals surface area contributed by atoms with Gasteiger partial charge in [-0.05, 0) is 42.7 Å². The second-order valence-electron chi connectivity index (χ2n) is 5.74. The summed E-state index contributed by atoms with van der Waals surface area (Å²) in [4.78, 5) is 4.30. The van der Waals surface area contributed by atoms with Crippen LogP contribution in [0.15, 0.2) is 54.9 Å². The number of hydrogen-bond donors (Lipinski definition) is 0. The summed E-state index contributed by atoms with van der Waals surface area (Å²) in [6.07, 6.45) is 10.0. The molecule has 0 bridgehead atoms. The van der Waals surface area contributed by atoms with E-state index in [0.717, 1.165) is 23.5 Å². The molecule has 0 N–H and O–H groups in total. The largest absolute Gasteiger partial charge is 0.254 e. The lowest BCUT2D eigenvalue weighted by molar-refractivity contribution is 0.666. The summed E-state index contributed by atoms with van der Waals surface area (Å²) in [7, 11) is 0. The first-order valence-corrected chi connectivity index (χ1v) is 8.30. The maximum Gasteiger partial charge on any atom is 0.131 e. The van der Waals surface area contributed by atoms with Crippen LogP contribution in [0.5, 0.6) is 0 Å². The Morgan fingerprint density at radius 3 is 2.52 bits per heavy atom. The van der Waals surface area contributed by atoms with Crippen molar-refractivity contribution in [1.82, 2.24) is 20.0 Å². The van der Waals surface area contributed by atoms with Crippen molar-refractivity contribution in [2.75, 3.05) is 0 Å². The van der Waals surface area contributed by atoms with E-state index in [2.05, 4.69) is 46.5 Å². The van der Waals surface area contributed by atoms with Crippen molar-refractivity contribution in [3.63, 3.8) is 0 Å². The molecule has 2 aromatic heterocycles. The van der Waals surface area contributed by atoms with Gasteiger partial charge in [0.2, 0.25) is 0 Å². The molecule has 0 aliphatic carbocycles. The smallest absolute Gasteiger partial charge is 0.131 e. The van der Waals surface area contributed by atoms with Crippen molar-refractivity contribution in [1.29, 1.82) is 0 Å². The van der Waals surface area contributed by atoms with Crippen LogP contribution in [0.3, 0.4) is 0 Å². The molecule has 3 rings (SSSR count). The highest BCUT2D eigenvalue weighted by Crippen LogP contribution is 2.16. The Kier molecular flexibility index (Phi) is 5.14. The predicted octanol–water partition coefficient (Wildman–Crippen LogP) is 4.45. The Bertz CT molecular complexity index is 717. The van der Waals surface area contributed by atoms with Gasteiger partial charge in [0.1, 0.15) is 5.69 Å². The number of rotatable bonds is 7. The summed E-state index contributed by atoms with van der Waals surface area (Å²) in [5, 5.41) is 8.41. The van der Waals surface area contributed by atoms with E-state index in [4.69, 9.17) is 0 Å². The van der Waals surface area contributed by atoms with E-state index >= 15 is 0 Å². The zero-order valence-electron chi connectivity index (χ0n) is 13.5. The van der Waals surface area contributed by atoms with Gasteiger partial charge >= 0.3 is 0 Å². The normalized spacial score (nSPS) is 10.8. The lowest BCUT2D eigenvalue weighted by Crippen LogP contribution is -1.95. The van der Waals surface area contributed by atoms with E-state index in [1.807, 2.05) is 24.4 Å². The summed E-state index contributed by atoms with van der Waals surface area (Å²) < 4.78 is 1.80. The molecule has 118 valence electrons. The molecule has 0 saturated heterocycles. The molecule has 0 saturated carbocycles. The van der Waals surface area contributed by atoms with Crippen LogP contribution in [0.2, 0.25) is 0 Å². The Hall–Kier alpha value is -2.49. The molecule has 0 spiro atoms. The van der Waals surface area contributed by atoms with E-state index in [1.54, 1.807) is 10.9 Å². The fourth-order valence-electron chi connectivity index (χ4n) is 2.59. The van der Waals surface area contributed by atoms with Gasteiger partial charge in [0, 0.05) is 6.20 Å². The molecular formula is C19H22N4. The molecule has 3 aromatic rings. The molecule has 0 fully saturated rings. The zero-order valence-corrected chi connectivity index (χ0v) is 13.5. The van der Waals surface area contributed by atoms with Crippen LogP contribution in [-0.4, -0.2) is 20.0 Å². The average molecular weight is 306 g/mol. The second kappa shape index (κ2) is 7.68. The van der Waals surface area contributed by atoms with Crippen LogP contribution in [0, 0.1) is 0 Å². The third kappa shape index (κ3) is 4.03. The highest BCUT2D eigenvalue weighted by atomic mass is 15.4. The molecular weight excluding hydrogens is 284 g/mol. The Morgan fingerprint density at radius 2 is 1.78 bits per heavy atom. The molecule has 23 heavy (non-hydrogen) atoms. The minimum Gasteiger partial charge on any atom is -0.254 e. The van der Waals surface area contributed by atoms with Crippen LogP contribution in [-0.2, 0) is 6.42 Å². The van der Waals surface area contributed by atoms with Crippen molar-refractivity contribution in [2.45, 2.75) is 39.0 Å². The molecule has 0 atom stereocenters. The number of benzene rings is 1. The summed E-state index contributed by atoms with van der Waals surface area (Å²) in [6.45, 7) is 2.24. The number of aryl methyl sites for hydroxylation is 1. The van der Waals surface area contributed by atoms with E-state index in [1.165, 1.54) is 31.2 Å². The maximum atomic E-state index is 4.30. The fourth-order valence-corrected chi connectivity index (χ4v) is 2.59. The van der Waals surface area contributed by atoms with E-state index < -0.39 is 0 Å². The molecule has 2 heterocycles. The van der Waals surface area contributed by atoms with Gasteiger partial charge in [-0.3, -0.25) is 4.98 Å². The Labute approximate surface area is 137 Å². The lowest BCUT2D eigenvalue weighted by atomic mass is 10.1. The van der Waals surface area contributed by atoms with Crippen molar-refractivity contribution in [3.05, 3.63) is 60.4 Å². The molecule has 0 radical (unpaired) electrons. The summed E-state index contributed by atoms with van der Waals surface area (Å²) >= 11 is 0. The zero-order chi connectivity index (χ0) is 15.9. The van der Waals surface area contributed by atoms with Crippen LogP contribution < -0.4 is 0 Å². The number of hydrogen-bond acceptors (Lipinski definition) is 3. The Morgan fingerprint density at radius 1 is 0.913 bits per heavy atom. The van der Waals surface area contributed by atoms with E-state index in [0.29, 0.717) is 0 Å². The second-order valence-corrected chi connectivity index (χ2v) is 5.74. The van der Waals surface area contributed by atoms with Crippen molar-refractivity contribution in [2.24, 2.45) is 0 Å². The van der Waals surface area contributed by atoms with Gasteiger partial charge in [-0.15, -0.1) is 5.10 Å². The maximum absolute atomic E-state index is 4.30. The molecule has 0 unspecified atom stereocenters. The predicted molar refractivity (Wildman–Crippen MR) is 92.4 cm³/mol. The van der Waals surface area contributed by atoms with Crippen LogP contribution in [0.1, 0.15) is 38.2 Å². The van der Waals surface area contributed by atoms with Gasteiger partial charge < -0.3 is 0 Å². The molecule has 0 amide bonds. The molecule has 0 aliphatic rings. The van der Waals surface area contributed by atoms with E-state index in [9.17, 15) is 0 Å². The van der Waals surface area contributed by atoms with Gasteiger partial charge in [0.05, 0.1) is 17.6 Å². The first-order chi connectivity index (χ1) is 11.4. The van der Waals surface area contributed by atoms with E-state index in [-0.39, 0.29) is 0 Å². The highest BCUT2D eigenvalue weighted by molar-refractivity contribution is 5.52. The molecule has 0 aliphatic heterocycles. The number of unbranched alkanes of at least 4 members (excludes halogenated alkanes) is 3. The molecule has 1 aromatic carbocycles. The third-order valence-corrected chi connectivity index (χ3v) is 3.94. The van der Waals surface area contributed by atoms with Crippen LogP contribution >= 0.6 is 0 Å². The van der Waals surface area contributed by atoms with Gasteiger partial charge in [-0.25, -0.2) is 4.68 Å². The topological polar surface area (TPSA) is 43.6 Å². The van der Waals surface area contributed by atoms with Crippen molar-refractivity contribution < 1.29 is 0 Å². The minimum atomic E-state index is 0.786. The number of aromatic nitrogens is 4. The third-order valence-electron chi connectivity index (χ3n) is 3.94. The van der Waals surface area contributed by atoms with Crippen molar-refractivity contribution in [3.8, 4) is 17.1 Å². The monoisotopic (exact) mass is 306 g/mol. The Balaban J connectivity index is 1.67. The van der Waals surface area contributed by atoms with Crippen molar-refractivity contribution >= 4 is 0 Å². The number of pyridine rings is 1. The fraction of sp³-hybridized carbons (Fsp3) is 0.316. The summed E-state index contributed by atoms with van der Waals surface area (Å²) in [5.74, 6) is 0. The average Bonchev–Trinajstić information content (AvgIpc) is 3.10. The minimum absolute atomic E-state index is 0.786. The molecule has 4 heteroatoms. The molecule has 4 nitrogen and oxygen atoms in total. The van der Waals surface area contributed by atoms with Gasteiger partial charge in [-0.1, -0.05) is 49.6 Å².